The minimum Gasteiger partial charge on any atom is -0.497 e. The Morgan fingerprint density at radius 1 is 1.17 bits per heavy atom. The largest absolute Gasteiger partial charge is 0.497 e. The van der Waals surface area contributed by atoms with Crippen molar-refractivity contribution < 1.29 is 18.9 Å². The predicted octanol–water partition coefficient (Wildman–Crippen LogP) is 2.79. The summed E-state index contributed by atoms with van der Waals surface area (Å²) in [5.74, 6) is 1.74. The predicted molar refractivity (Wildman–Crippen MR) is 110 cm³/mol. The number of nitrogens with two attached hydrogens (primary N) is 1. The monoisotopic (exact) mass is 470 g/mol. The molecule has 9 heteroatoms. The molecule has 0 spiro atoms. The van der Waals surface area contributed by atoms with Crippen LogP contribution < -0.4 is 30.8 Å². The summed E-state index contributed by atoms with van der Waals surface area (Å²) >= 11 is 3.65. The van der Waals surface area contributed by atoms with Crippen molar-refractivity contribution in [2.24, 2.45) is 11.7 Å². The van der Waals surface area contributed by atoms with E-state index in [2.05, 4.69) is 32.9 Å². The van der Waals surface area contributed by atoms with Gasteiger partial charge in [0.1, 0.15) is 11.8 Å². The van der Waals surface area contributed by atoms with Gasteiger partial charge >= 0.3 is 0 Å². The Morgan fingerprint density at radius 3 is 2.60 bits per heavy atom. The third-order valence-electron chi connectivity index (χ3n) is 5.75. The standard InChI is InChI=1S/C21H19BrN4O4/c1-27-11-4-2-10(3-5-11)19-18-17(13(8-23)20(24)30-21(18)26-25-19)12-6-15-16(7-14(12)22)29-9-28-15/h2-7,17-19,21,25-26H,9,24H2,1H3. The van der Waals surface area contributed by atoms with Crippen LogP contribution in [0.4, 0.5) is 0 Å². The molecule has 0 amide bonds. The fourth-order valence-electron chi connectivity index (χ4n) is 4.34. The van der Waals surface area contributed by atoms with Gasteiger partial charge in [0.05, 0.1) is 18.7 Å². The van der Waals surface area contributed by atoms with Crippen LogP contribution in [0.1, 0.15) is 23.1 Å². The minimum absolute atomic E-state index is 0.123. The number of hydrogen-bond acceptors (Lipinski definition) is 8. The van der Waals surface area contributed by atoms with Crippen LogP contribution in [0, 0.1) is 17.2 Å². The maximum absolute atomic E-state index is 9.93. The lowest BCUT2D eigenvalue weighted by molar-refractivity contribution is 0.0339. The number of hydrazine groups is 1. The average Bonchev–Trinajstić information content (AvgIpc) is 3.38. The summed E-state index contributed by atoms with van der Waals surface area (Å²) in [6.07, 6.45) is -0.406. The van der Waals surface area contributed by atoms with Crippen LogP contribution >= 0.6 is 15.9 Å². The van der Waals surface area contributed by atoms with E-state index in [1.54, 1.807) is 7.11 Å². The van der Waals surface area contributed by atoms with Crippen molar-refractivity contribution in [3.05, 3.63) is 63.5 Å². The molecule has 8 nitrogen and oxygen atoms in total. The number of nitrogens with zero attached hydrogens (tertiary/aromatic N) is 1. The van der Waals surface area contributed by atoms with E-state index < -0.39 is 6.23 Å². The first-order chi connectivity index (χ1) is 14.6. The molecule has 4 unspecified atom stereocenters. The highest BCUT2D eigenvalue weighted by Crippen LogP contribution is 2.51. The normalized spacial score (nSPS) is 26.7. The first kappa shape index (κ1) is 19.1. The van der Waals surface area contributed by atoms with Gasteiger partial charge in [-0.2, -0.15) is 5.26 Å². The van der Waals surface area contributed by atoms with Crippen LogP contribution in [0.3, 0.4) is 0 Å². The summed E-state index contributed by atoms with van der Waals surface area (Å²) in [4.78, 5) is 0. The minimum atomic E-state index is -0.406. The van der Waals surface area contributed by atoms with Crippen LogP contribution in [-0.4, -0.2) is 20.1 Å². The number of hydrogen-bond donors (Lipinski definition) is 3. The van der Waals surface area contributed by atoms with E-state index >= 15 is 0 Å². The second-order valence-corrected chi connectivity index (χ2v) is 8.10. The van der Waals surface area contributed by atoms with Gasteiger partial charge in [-0.1, -0.05) is 28.1 Å². The van der Waals surface area contributed by atoms with Gasteiger partial charge < -0.3 is 24.7 Å². The highest BCUT2D eigenvalue weighted by molar-refractivity contribution is 9.10. The van der Waals surface area contributed by atoms with E-state index in [1.807, 2.05) is 36.4 Å². The van der Waals surface area contributed by atoms with E-state index in [4.69, 9.17) is 24.7 Å². The smallest absolute Gasteiger partial charge is 0.231 e. The summed E-state index contributed by atoms with van der Waals surface area (Å²) in [5, 5.41) is 9.93. The molecule has 0 bridgehead atoms. The van der Waals surface area contributed by atoms with Crippen molar-refractivity contribution in [1.82, 2.24) is 10.9 Å². The van der Waals surface area contributed by atoms with Gasteiger partial charge in [0.2, 0.25) is 12.7 Å². The molecule has 3 heterocycles. The molecule has 3 aliphatic rings. The maximum atomic E-state index is 9.93. The molecule has 4 N–H and O–H groups in total. The van der Waals surface area contributed by atoms with Crippen molar-refractivity contribution in [3.8, 4) is 23.3 Å². The van der Waals surface area contributed by atoms with Gasteiger partial charge in [-0.15, -0.1) is 0 Å². The van der Waals surface area contributed by atoms with Crippen molar-refractivity contribution in [2.75, 3.05) is 13.9 Å². The molecule has 2 aromatic carbocycles. The molecule has 30 heavy (non-hydrogen) atoms. The molecule has 0 aliphatic carbocycles. The van der Waals surface area contributed by atoms with Crippen LogP contribution in [0.15, 0.2) is 52.3 Å². The Bertz CT molecular complexity index is 1070. The van der Waals surface area contributed by atoms with Crippen LogP contribution in [0.2, 0.25) is 0 Å². The number of rotatable bonds is 3. The number of halogens is 1. The second-order valence-electron chi connectivity index (χ2n) is 7.25. The summed E-state index contributed by atoms with van der Waals surface area (Å²) in [6, 6.07) is 13.7. The van der Waals surface area contributed by atoms with Crippen molar-refractivity contribution in [3.63, 3.8) is 0 Å². The van der Waals surface area contributed by atoms with Gasteiger partial charge in [-0.3, -0.25) is 0 Å². The highest BCUT2D eigenvalue weighted by Gasteiger charge is 2.50. The van der Waals surface area contributed by atoms with E-state index in [0.717, 1.165) is 21.3 Å². The van der Waals surface area contributed by atoms with E-state index in [-0.39, 0.29) is 30.6 Å². The second kappa shape index (κ2) is 7.40. The quantitative estimate of drug-likeness (QED) is 0.627. The molecule has 1 saturated heterocycles. The molecule has 0 radical (unpaired) electrons. The summed E-state index contributed by atoms with van der Waals surface area (Å²) < 4.78 is 23.0. The average molecular weight is 471 g/mol. The summed E-state index contributed by atoms with van der Waals surface area (Å²) in [5.41, 5.74) is 15.0. The third kappa shape index (κ3) is 2.96. The van der Waals surface area contributed by atoms with Crippen molar-refractivity contribution >= 4 is 15.9 Å². The number of benzene rings is 2. The zero-order valence-corrected chi connectivity index (χ0v) is 17.6. The number of nitrogens with one attached hydrogen (secondary N) is 2. The maximum Gasteiger partial charge on any atom is 0.231 e. The number of ether oxygens (including phenoxy) is 4. The molecular formula is C21H19BrN4O4. The Hall–Kier alpha value is -2.93. The summed E-state index contributed by atoms with van der Waals surface area (Å²) in [7, 11) is 1.63. The Morgan fingerprint density at radius 2 is 1.90 bits per heavy atom. The van der Waals surface area contributed by atoms with Crippen LogP contribution in [0.25, 0.3) is 0 Å². The first-order valence-electron chi connectivity index (χ1n) is 9.41. The van der Waals surface area contributed by atoms with Crippen molar-refractivity contribution in [1.29, 1.82) is 5.26 Å². The molecule has 1 fully saturated rings. The Labute approximate surface area is 181 Å². The molecule has 2 aromatic rings. The lowest BCUT2D eigenvalue weighted by Gasteiger charge is -2.36. The third-order valence-corrected chi connectivity index (χ3v) is 6.44. The van der Waals surface area contributed by atoms with Crippen LogP contribution in [0.5, 0.6) is 17.2 Å². The zero-order chi connectivity index (χ0) is 20.8. The molecule has 4 atom stereocenters. The number of allylic oxidation sites excluding steroid dienone is 1. The molecular weight excluding hydrogens is 452 g/mol. The Balaban J connectivity index is 1.62. The van der Waals surface area contributed by atoms with Gasteiger partial charge in [-0.25, -0.2) is 10.9 Å². The van der Waals surface area contributed by atoms with Crippen LogP contribution in [-0.2, 0) is 4.74 Å². The van der Waals surface area contributed by atoms with E-state index in [9.17, 15) is 5.26 Å². The van der Waals surface area contributed by atoms with Gasteiger partial charge in [0.25, 0.3) is 0 Å². The lowest BCUT2D eigenvalue weighted by atomic mass is 9.74. The number of methoxy groups -OCH3 is 1. The fourth-order valence-corrected chi connectivity index (χ4v) is 4.90. The van der Waals surface area contributed by atoms with Gasteiger partial charge in [0, 0.05) is 16.3 Å². The number of nitriles is 1. The van der Waals surface area contributed by atoms with Gasteiger partial charge in [0.15, 0.2) is 17.7 Å². The van der Waals surface area contributed by atoms with E-state index in [1.165, 1.54) is 0 Å². The summed E-state index contributed by atoms with van der Waals surface area (Å²) in [6.45, 7) is 0.172. The SMILES string of the molecule is COc1ccc(C2NNC3OC(N)=C(C#N)C(c4cc5c(cc4Br)OCO5)C32)cc1. The van der Waals surface area contributed by atoms with Crippen molar-refractivity contribution in [2.45, 2.75) is 18.2 Å². The molecule has 0 aromatic heterocycles. The number of fused-ring (bicyclic) bond motifs is 2. The van der Waals surface area contributed by atoms with Gasteiger partial charge in [-0.05, 0) is 35.4 Å². The molecule has 154 valence electrons. The topological polar surface area (TPSA) is 111 Å². The molecule has 0 saturated carbocycles. The molecule has 3 aliphatic heterocycles. The highest BCUT2D eigenvalue weighted by atomic mass is 79.9. The lowest BCUT2D eigenvalue weighted by Crippen LogP contribution is -2.41. The van der Waals surface area contributed by atoms with E-state index in [0.29, 0.717) is 17.1 Å². The molecule has 5 rings (SSSR count). The Kier molecular flexibility index (Phi) is 4.70. The first-order valence-corrected chi connectivity index (χ1v) is 10.2. The fraction of sp³-hybridized carbons (Fsp3) is 0.286. The zero-order valence-electron chi connectivity index (χ0n) is 16.0.